The van der Waals surface area contributed by atoms with Crippen LogP contribution in [0.4, 0.5) is 0 Å². The van der Waals surface area contributed by atoms with Gasteiger partial charge in [-0.1, -0.05) is 207 Å². The molecule has 0 rings (SSSR count). The van der Waals surface area contributed by atoms with Crippen molar-refractivity contribution in [2.75, 3.05) is 13.2 Å². The average Bonchev–Trinajstić information content (AvgIpc) is 3.30. The maximum absolute atomic E-state index is 12.8. The molecule has 0 bridgehead atoms. The van der Waals surface area contributed by atoms with Gasteiger partial charge in [0.15, 0.2) is 6.10 Å². The average molecular weight is 901 g/mol. The summed E-state index contributed by atoms with van der Waals surface area (Å²) in [7, 11) is 0. The Morgan fingerprint density at radius 1 is 0.323 bits per heavy atom. The minimum Gasteiger partial charge on any atom is -0.462 e. The van der Waals surface area contributed by atoms with Crippen molar-refractivity contribution in [3.05, 3.63) is 109 Å². The van der Waals surface area contributed by atoms with E-state index < -0.39 is 12.1 Å². The van der Waals surface area contributed by atoms with Gasteiger partial charge < -0.3 is 14.2 Å². The van der Waals surface area contributed by atoms with Crippen LogP contribution in [0.5, 0.6) is 0 Å². The Balaban J connectivity index is 4.48. The molecule has 0 aliphatic carbocycles. The van der Waals surface area contributed by atoms with E-state index in [4.69, 9.17) is 14.2 Å². The van der Waals surface area contributed by atoms with Crippen molar-refractivity contribution in [2.24, 2.45) is 0 Å². The standard InChI is InChI=1S/C59H96O6/c1-4-7-10-13-16-19-22-25-27-29-30-31-33-34-37-40-43-46-49-52-58(61)64-55-56(54-63-57(60)51-48-45-42-39-36-24-21-18-15-12-9-6-3)65-59(62)53-50-47-44-41-38-35-32-28-26-23-20-17-14-11-8-5-2/h7-8,10-11,16-21,25-28,35,38,44,47,56H,4-6,9,12-15,22-24,29-34,36-37,39-43,45-46,48-55H2,1-3H3/b10-7-,11-8-,19-16-,20-17-,21-18-,27-25-,28-26-,38-35-,47-44-. The summed E-state index contributed by atoms with van der Waals surface area (Å²) in [6.07, 6.45) is 70.9. The molecule has 0 amide bonds. The number of hydrogen-bond donors (Lipinski definition) is 0. The van der Waals surface area contributed by atoms with Crippen LogP contribution >= 0.6 is 0 Å². The van der Waals surface area contributed by atoms with Gasteiger partial charge in [0.1, 0.15) is 13.2 Å². The first-order chi connectivity index (χ1) is 32.0. The summed E-state index contributed by atoms with van der Waals surface area (Å²) in [6.45, 7) is 6.31. The summed E-state index contributed by atoms with van der Waals surface area (Å²) < 4.78 is 16.7. The highest BCUT2D eigenvalue weighted by Gasteiger charge is 2.19. The molecule has 0 radical (unpaired) electrons. The van der Waals surface area contributed by atoms with Crippen LogP contribution in [0.1, 0.15) is 226 Å². The fraction of sp³-hybridized carbons (Fsp3) is 0.644. The van der Waals surface area contributed by atoms with Gasteiger partial charge in [-0.3, -0.25) is 14.4 Å². The van der Waals surface area contributed by atoms with Crippen molar-refractivity contribution in [1.82, 2.24) is 0 Å². The molecule has 0 aliphatic heterocycles. The summed E-state index contributed by atoms with van der Waals surface area (Å²) in [5, 5.41) is 0. The van der Waals surface area contributed by atoms with Crippen LogP contribution in [-0.2, 0) is 28.6 Å². The lowest BCUT2D eigenvalue weighted by molar-refractivity contribution is -0.166. The largest absolute Gasteiger partial charge is 0.462 e. The van der Waals surface area contributed by atoms with Crippen LogP contribution < -0.4 is 0 Å². The van der Waals surface area contributed by atoms with Crippen molar-refractivity contribution in [3.63, 3.8) is 0 Å². The Kier molecular flexibility index (Phi) is 49.5. The smallest absolute Gasteiger partial charge is 0.306 e. The molecule has 1 unspecified atom stereocenters. The van der Waals surface area contributed by atoms with Crippen LogP contribution in [0, 0.1) is 0 Å². The molecular formula is C59H96O6. The Morgan fingerprint density at radius 3 is 1.02 bits per heavy atom. The Morgan fingerprint density at radius 2 is 0.631 bits per heavy atom. The van der Waals surface area contributed by atoms with Crippen LogP contribution in [0.25, 0.3) is 0 Å². The van der Waals surface area contributed by atoms with E-state index >= 15 is 0 Å². The summed E-state index contributed by atoms with van der Waals surface area (Å²) in [5.74, 6) is -1.02. The third-order valence-corrected chi connectivity index (χ3v) is 10.8. The first kappa shape index (κ1) is 61.1. The molecule has 0 aromatic rings. The maximum Gasteiger partial charge on any atom is 0.306 e. The van der Waals surface area contributed by atoms with Gasteiger partial charge in [0, 0.05) is 19.3 Å². The van der Waals surface area contributed by atoms with E-state index in [-0.39, 0.29) is 31.6 Å². The quantitative estimate of drug-likeness (QED) is 0.0262. The summed E-state index contributed by atoms with van der Waals surface area (Å²) in [5.41, 5.74) is 0. The van der Waals surface area contributed by atoms with Crippen molar-refractivity contribution < 1.29 is 28.6 Å². The van der Waals surface area contributed by atoms with Crippen molar-refractivity contribution in [1.29, 1.82) is 0 Å². The highest BCUT2D eigenvalue weighted by molar-refractivity contribution is 5.71. The van der Waals surface area contributed by atoms with E-state index in [1.165, 1.54) is 70.6 Å². The fourth-order valence-electron chi connectivity index (χ4n) is 6.85. The van der Waals surface area contributed by atoms with E-state index in [1.807, 2.05) is 12.2 Å². The van der Waals surface area contributed by atoms with Gasteiger partial charge in [-0.2, -0.15) is 0 Å². The molecule has 1 atom stereocenters. The second-order valence-corrected chi connectivity index (χ2v) is 17.0. The number of ether oxygens (including phenoxy) is 3. The zero-order valence-corrected chi connectivity index (χ0v) is 42.0. The highest BCUT2D eigenvalue weighted by Crippen LogP contribution is 2.14. The third-order valence-electron chi connectivity index (χ3n) is 10.8. The molecule has 0 fully saturated rings. The minimum atomic E-state index is -0.824. The van der Waals surface area contributed by atoms with Gasteiger partial charge in [-0.15, -0.1) is 0 Å². The zero-order valence-electron chi connectivity index (χ0n) is 42.0. The Labute approximate surface area is 400 Å². The number of esters is 3. The normalized spacial score (nSPS) is 13.0. The minimum absolute atomic E-state index is 0.115. The molecule has 0 aromatic heterocycles. The van der Waals surface area contributed by atoms with E-state index in [0.29, 0.717) is 19.3 Å². The Bertz CT molecular complexity index is 1360. The first-order valence-electron chi connectivity index (χ1n) is 26.4. The number of rotatable bonds is 46. The van der Waals surface area contributed by atoms with Crippen molar-refractivity contribution in [3.8, 4) is 0 Å². The zero-order chi connectivity index (χ0) is 47.2. The predicted molar refractivity (Wildman–Crippen MR) is 279 cm³/mol. The highest BCUT2D eigenvalue weighted by atomic mass is 16.6. The molecule has 65 heavy (non-hydrogen) atoms. The number of unbranched alkanes of at least 4 members (excludes halogenated alkanes) is 17. The van der Waals surface area contributed by atoms with Crippen LogP contribution in [0.15, 0.2) is 109 Å². The molecule has 6 heteroatoms. The van der Waals surface area contributed by atoms with Gasteiger partial charge in [-0.05, 0) is 109 Å². The topological polar surface area (TPSA) is 78.9 Å². The van der Waals surface area contributed by atoms with Gasteiger partial charge in [0.2, 0.25) is 0 Å². The lowest BCUT2D eigenvalue weighted by Gasteiger charge is -2.18. The van der Waals surface area contributed by atoms with Gasteiger partial charge >= 0.3 is 17.9 Å². The second-order valence-electron chi connectivity index (χ2n) is 17.0. The van der Waals surface area contributed by atoms with Gasteiger partial charge in [0.25, 0.3) is 0 Å². The number of carbonyl (C=O) groups is 3. The Hall–Kier alpha value is -3.93. The maximum atomic E-state index is 12.8. The molecular weight excluding hydrogens is 805 g/mol. The monoisotopic (exact) mass is 901 g/mol. The first-order valence-corrected chi connectivity index (χ1v) is 26.4. The van der Waals surface area contributed by atoms with E-state index in [1.54, 1.807) is 0 Å². The van der Waals surface area contributed by atoms with Crippen LogP contribution in [0.3, 0.4) is 0 Å². The molecule has 0 saturated carbocycles. The molecule has 6 nitrogen and oxygen atoms in total. The van der Waals surface area contributed by atoms with Crippen molar-refractivity contribution in [2.45, 2.75) is 232 Å². The SMILES string of the molecule is CC/C=C\C/C=C\C/C=C\C/C=C\C/C=C\CCC(=O)OC(COC(=O)CCCCCCC/C=C\CCCCC)COC(=O)CCCCCCCCCCC/C=C\C/C=C\C/C=C\CC. The molecule has 0 aromatic carbocycles. The van der Waals surface area contributed by atoms with Crippen LogP contribution in [0.2, 0.25) is 0 Å². The molecule has 0 aliphatic rings. The predicted octanol–water partition coefficient (Wildman–Crippen LogP) is 17.5. The number of allylic oxidation sites excluding steroid dienone is 18. The number of carbonyl (C=O) groups excluding carboxylic acids is 3. The molecule has 0 saturated heterocycles. The molecule has 368 valence electrons. The second kappa shape index (κ2) is 52.7. The van der Waals surface area contributed by atoms with E-state index in [0.717, 1.165) is 109 Å². The van der Waals surface area contributed by atoms with Gasteiger partial charge in [-0.25, -0.2) is 0 Å². The molecule has 0 spiro atoms. The van der Waals surface area contributed by atoms with Crippen molar-refractivity contribution >= 4 is 17.9 Å². The van der Waals surface area contributed by atoms with E-state index in [9.17, 15) is 14.4 Å². The fourth-order valence-corrected chi connectivity index (χ4v) is 6.85. The third kappa shape index (κ3) is 50.9. The summed E-state index contributed by atoms with van der Waals surface area (Å²) in [4.78, 5) is 38.0. The summed E-state index contributed by atoms with van der Waals surface area (Å²) in [6, 6.07) is 0. The molecule has 0 N–H and O–H groups in total. The van der Waals surface area contributed by atoms with Crippen LogP contribution in [-0.4, -0.2) is 37.2 Å². The lowest BCUT2D eigenvalue weighted by atomic mass is 10.1. The molecule has 0 heterocycles. The lowest BCUT2D eigenvalue weighted by Crippen LogP contribution is -2.30. The summed E-state index contributed by atoms with van der Waals surface area (Å²) >= 11 is 0. The number of hydrogen-bond acceptors (Lipinski definition) is 6. The van der Waals surface area contributed by atoms with Gasteiger partial charge in [0.05, 0.1) is 0 Å². The van der Waals surface area contributed by atoms with E-state index in [2.05, 4.69) is 118 Å².